The number of likely N-dealkylation sites (tertiary alicyclic amines) is 1. The highest BCUT2D eigenvalue weighted by Gasteiger charge is 2.31. The van der Waals surface area contributed by atoms with Gasteiger partial charge in [-0.1, -0.05) is 23.8 Å². The second kappa shape index (κ2) is 8.44. The van der Waals surface area contributed by atoms with Crippen LogP contribution in [0.15, 0.2) is 42.5 Å². The van der Waals surface area contributed by atoms with Gasteiger partial charge in [-0.25, -0.2) is 0 Å². The second-order valence-electron chi connectivity index (χ2n) is 7.22. The van der Waals surface area contributed by atoms with Gasteiger partial charge in [-0.15, -0.1) is 0 Å². The summed E-state index contributed by atoms with van der Waals surface area (Å²) in [6, 6.07) is 13.8. The van der Waals surface area contributed by atoms with Crippen LogP contribution in [0.25, 0.3) is 0 Å². The lowest BCUT2D eigenvalue weighted by Gasteiger charge is -2.37. The van der Waals surface area contributed by atoms with Crippen molar-refractivity contribution in [2.45, 2.75) is 25.3 Å². The van der Waals surface area contributed by atoms with Crippen LogP contribution in [0.2, 0.25) is 0 Å². The molecule has 2 aromatic rings. The Kier molecular flexibility index (Phi) is 6.01. The molecule has 3 rings (SSSR count). The third-order valence-electron chi connectivity index (χ3n) is 5.28. The summed E-state index contributed by atoms with van der Waals surface area (Å²) in [4.78, 5) is 15.0. The van der Waals surface area contributed by atoms with Crippen molar-refractivity contribution in [2.24, 2.45) is 0 Å². The molecule has 0 aromatic heterocycles. The summed E-state index contributed by atoms with van der Waals surface area (Å²) in [5.41, 5.74) is 2.99. The maximum Gasteiger partial charge on any atom is 0.251 e. The number of nitrogens with zero attached hydrogens (tertiary/aromatic N) is 1. The summed E-state index contributed by atoms with van der Waals surface area (Å²) in [6.45, 7) is 3.86. The van der Waals surface area contributed by atoms with E-state index in [4.69, 9.17) is 9.47 Å². The van der Waals surface area contributed by atoms with Crippen molar-refractivity contribution >= 4 is 5.91 Å². The summed E-state index contributed by atoms with van der Waals surface area (Å²) in [5, 5.41) is 3.25. The lowest BCUT2D eigenvalue weighted by molar-refractivity contribution is 0.0904. The van der Waals surface area contributed by atoms with Crippen LogP contribution in [-0.2, 0) is 0 Å². The minimum Gasteiger partial charge on any atom is -0.493 e. The number of hydrogen-bond donors (Lipinski definition) is 1. The van der Waals surface area contributed by atoms with Crippen LogP contribution in [0.5, 0.6) is 11.5 Å². The molecule has 1 fully saturated rings. The van der Waals surface area contributed by atoms with E-state index >= 15 is 0 Å². The van der Waals surface area contributed by atoms with E-state index in [1.807, 2.05) is 43.3 Å². The molecule has 1 N–H and O–H groups in total. The summed E-state index contributed by atoms with van der Waals surface area (Å²) in [6.07, 6.45) is 0.910. The molecule has 0 spiro atoms. The minimum absolute atomic E-state index is 0.0185. The maximum atomic E-state index is 12.7. The van der Waals surface area contributed by atoms with E-state index in [0.717, 1.165) is 30.6 Å². The van der Waals surface area contributed by atoms with E-state index in [0.29, 0.717) is 17.1 Å². The molecule has 1 aliphatic rings. The fraction of sp³-hybridized carbons (Fsp3) is 0.409. The SMILES string of the molecule is COc1ccc(C2CN(C)CCC2NC(=O)c2ccc(C)cc2)cc1OC. The molecule has 0 radical (unpaired) electrons. The molecule has 0 aliphatic carbocycles. The van der Waals surface area contributed by atoms with Gasteiger partial charge in [-0.2, -0.15) is 0 Å². The second-order valence-corrected chi connectivity index (χ2v) is 7.22. The number of ether oxygens (including phenoxy) is 2. The van der Waals surface area contributed by atoms with Crippen LogP contribution in [-0.4, -0.2) is 51.2 Å². The standard InChI is InChI=1S/C22H28N2O3/c1-15-5-7-16(8-6-15)22(25)23-19-11-12-24(2)14-18(19)17-9-10-20(26-3)21(13-17)27-4/h5-10,13,18-19H,11-12,14H2,1-4H3,(H,23,25). The highest BCUT2D eigenvalue weighted by molar-refractivity contribution is 5.94. The van der Waals surface area contributed by atoms with Crippen molar-refractivity contribution in [2.75, 3.05) is 34.4 Å². The third kappa shape index (κ3) is 4.42. The number of methoxy groups -OCH3 is 2. The van der Waals surface area contributed by atoms with Gasteiger partial charge in [-0.3, -0.25) is 4.79 Å². The average molecular weight is 368 g/mol. The average Bonchev–Trinajstić information content (AvgIpc) is 2.69. The van der Waals surface area contributed by atoms with E-state index in [2.05, 4.69) is 23.3 Å². The minimum atomic E-state index is -0.0185. The van der Waals surface area contributed by atoms with Gasteiger partial charge in [0.25, 0.3) is 5.91 Å². The zero-order valence-corrected chi connectivity index (χ0v) is 16.5. The van der Waals surface area contributed by atoms with Crippen LogP contribution in [0, 0.1) is 6.92 Å². The maximum absolute atomic E-state index is 12.7. The van der Waals surface area contributed by atoms with Crippen molar-refractivity contribution in [1.82, 2.24) is 10.2 Å². The molecular formula is C22H28N2O3. The topological polar surface area (TPSA) is 50.8 Å². The summed E-state index contributed by atoms with van der Waals surface area (Å²) in [5.74, 6) is 1.60. The van der Waals surface area contributed by atoms with Gasteiger partial charge in [0.05, 0.1) is 14.2 Å². The Bertz CT molecular complexity index is 789. The van der Waals surface area contributed by atoms with Crippen LogP contribution in [0.1, 0.15) is 33.8 Å². The number of nitrogens with one attached hydrogen (secondary N) is 1. The van der Waals surface area contributed by atoms with Gasteiger partial charge in [0.15, 0.2) is 11.5 Å². The molecule has 2 atom stereocenters. The number of likely N-dealkylation sites (N-methyl/N-ethyl adjacent to an activating group) is 1. The van der Waals surface area contributed by atoms with Gasteiger partial charge < -0.3 is 19.7 Å². The number of rotatable bonds is 5. The number of carbonyl (C=O) groups excluding carboxylic acids is 1. The monoisotopic (exact) mass is 368 g/mol. The van der Waals surface area contributed by atoms with Crippen molar-refractivity contribution in [1.29, 1.82) is 0 Å². The Hall–Kier alpha value is -2.53. The van der Waals surface area contributed by atoms with Gasteiger partial charge in [0, 0.05) is 24.1 Å². The molecule has 1 saturated heterocycles. The first-order valence-electron chi connectivity index (χ1n) is 9.30. The van der Waals surface area contributed by atoms with Crippen molar-refractivity contribution < 1.29 is 14.3 Å². The Morgan fingerprint density at radius 3 is 2.44 bits per heavy atom. The van der Waals surface area contributed by atoms with E-state index in [-0.39, 0.29) is 17.9 Å². The molecule has 0 bridgehead atoms. The summed E-state index contributed by atoms with van der Waals surface area (Å²) in [7, 11) is 5.40. The van der Waals surface area contributed by atoms with E-state index in [1.54, 1.807) is 14.2 Å². The molecule has 27 heavy (non-hydrogen) atoms. The predicted molar refractivity (Wildman–Crippen MR) is 107 cm³/mol. The zero-order valence-electron chi connectivity index (χ0n) is 16.5. The van der Waals surface area contributed by atoms with Gasteiger partial charge in [0.2, 0.25) is 0 Å². The van der Waals surface area contributed by atoms with E-state index in [1.165, 1.54) is 0 Å². The first kappa shape index (κ1) is 19.2. The lowest BCUT2D eigenvalue weighted by Crippen LogP contribution is -2.48. The number of piperidine rings is 1. The van der Waals surface area contributed by atoms with E-state index in [9.17, 15) is 4.79 Å². The normalized spacial score (nSPS) is 20.1. The Labute approximate surface area is 161 Å². The first-order chi connectivity index (χ1) is 13.0. The molecule has 0 saturated carbocycles. The number of benzene rings is 2. The summed E-state index contributed by atoms with van der Waals surface area (Å²) < 4.78 is 10.8. The molecule has 1 heterocycles. The number of carbonyl (C=O) groups is 1. The van der Waals surface area contributed by atoms with E-state index < -0.39 is 0 Å². The summed E-state index contributed by atoms with van der Waals surface area (Å²) >= 11 is 0. The Balaban J connectivity index is 1.83. The van der Waals surface area contributed by atoms with Crippen LogP contribution >= 0.6 is 0 Å². The molecule has 2 unspecified atom stereocenters. The molecule has 1 aliphatic heterocycles. The van der Waals surface area contributed by atoms with Crippen molar-refractivity contribution in [3.63, 3.8) is 0 Å². The quantitative estimate of drug-likeness (QED) is 0.880. The van der Waals surface area contributed by atoms with Crippen LogP contribution in [0.3, 0.4) is 0 Å². The Morgan fingerprint density at radius 2 is 1.78 bits per heavy atom. The highest BCUT2D eigenvalue weighted by Crippen LogP contribution is 2.34. The fourth-order valence-electron chi connectivity index (χ4n) is 3.67. The third-order valence-corrected chi connectivity index (χ3v) is 5.28. The van der Waals surface area contributed by atoms with Crippen molar-refractivity contribution in [3.8, 4) is 11.5 Å². The Morgan fingerprint density at radius 1 is 1.07 bits per heavy atom. The van der Waals surface area contributed by atoms with Crippen molar-refractivity contribution in [3.05, 3.63) is 59.2 Å². The zero-order chi connectivity index (χ0) is 19.4. The van der Waals surface area contributed by atoms with Crippen LogP contribution < -0.4 is 14.8 Å². The molecule has 144 valence electrons. The van der Waals surface area contributed by atoms with Gasteiger partial charge in [-0.05, 0) is 56.8 Å². The number of aryl methyl sites for hydroxylation is 1. The molecule has 2 aromatic carbocycles. The predicted octanol–water partition coefficient (Wildman–Crippen LogP) is 3.23. The highest BCUT2D eigenvalue weighted by atomic mass is 16.5. The van der Waals surface area contributed by atoms with Gasteiger partial charge in [0.1, 0.15) is 0 Å². The van der Waals surface area contributed by atoms with Crippen LogP contribution in [0.4, 0.5) is 0 Å². The smallest absolute Gasteiger partial charge is 0.251 e. The molecule has 5 heteroatoms. The lowest BCUT2D eigenvalue weighted by atomic mass is 9.85. The molecule has 5 nitrogen and oxygen atoms in total. The largest absolute Gasteiger partial charge is 0.493 e. The van der Waals surface area contributed by atoms with Gasteiger partial charge >= 0.3 is 0 Å². The first-order valence-corrected chi connectivity index (χ1v) is 9.30. The molecule has 1 amide bonds. The fourth-order valence-corrected chi connectivity index (χ4v) is 3.67. The number of hydrogen-bond acceptors (Lipinski definition) is 4. The number of amides is 1. The molecular weight excluding hydrogens is 340 g/mol.